The van der Waals surface area contributed by atoms with Crippen LogP contribution in [0.4, 0.5) is 27.5 Å². The number of nitrogens with zero attached hydrogens (tertiary/aromatic N) is 2. The minimum Gasteiger partial charge on any atom is -0.495 e. The summed E-state index contributed by atoms with van der Waals surface area (Å²) in [6.45, 7) is 2.03. The first-order chi connectivity index (χ1) is 14.0. The van der Waals surface area contributed by atoms with E-state index in [1.807, 2.05) is 31.2 Å². The Kier molecular flexibility index (Phi) is 5.12. The van der Waals surface area contributed by atoms with E-state index in [2.05, 4.69) is 20.6 Å². The summed E-state index contributed by atoms with van der Waals surface area (Å²) in [4.78, 5) is 21.9. The Hall–Kier alpha value is -3.48. The van der Waals surface area contributed by atoms with Gasteiger partial charge in [0, 0.05) is 12.1 Å². The van der Waals surface area contributed by atoms with Crippen molar-refractivity contribution in [1.29, 1.82) is 0 Å². The molecule has 7 heteroatoms. The highest BCUT2D eigenvalue weighted by atomic mass is 19.1. The van der Waals surface area contributed by atoms with Crippen LogP contribution in [0.25, 0.3) is 0 Å². The standard InChI is InChI=1S/C22H21FN4O2/c1-13-11-17-20(18(28)12-13)21(25-16-5-3-4-6-19(16)29-2)27-22(26-17)24-15-9-7-14(23)8-10-15/h3-10,13H,11-12H2,1-2H3,(H2,24,25,26,27). The van der Waals surface area contributed by atoms with E-state index in [0.717, 1.165) is 0 Å². The molecule has 148 valence electrons. The van der Waals surface area contributed by atoms with Crippen molar-refractivity contribution in [3.8, 4) is 5.75 Å². The van der Waals surface area contributed by atoms with Crippen LogP contribution in [-0.2, 0) is 6.42 Å². The van der Waals surface area contributed by atoms with Gasteiger partial charge in [-0.2, -0.15) is 4.98 Å². The molecule has 2 N–H and O–H groups in total. The Bertz CT molecular complexity index is 1050. The molecule has 1 unspecified atom stereocenters. The van der Waals surface area contributed by atoms with E-state index in [1.165, 1.54) is 12.1 Å². The Balaban J connectivity index is 1.76. The minimum absolute atomic E-state index is 0.0180. The number of carbonyl (C=O) groups is 1. The van der Waals surface area contributed by atoms with Gasteiger partial charge >= 0.3 is 0 Å². The molecule has 0 saturated carbocycles. The lowest BCUT2D eigenvalue weighted by Gasteiger charge is -2.23. The number of ether oxygens (including phenoxy) is 1. The second-order valence-electron chi connectivity index (χ2n) is 7.11. The summed E-state index contributed by atoms with van der Waals surface area (Å²) in [6.07, 6.45) is 1.14. The second kappa shape index (κ2) is 7.87. The molecule has 0 fully saturated rings. The third-order valence-electron chi connectivity index (χ3n) is 4.80. The predicted octanol–water partition coefficient (Wildman–Crippen LogP) is 4.88. The van der Waals surface area contributed by atoms with Crippen molar-refractivity contribution < 1.29 is 13.9 Å². The van der Waals surface area contributed by atoms with Crippen LogP contribution in [0.5, 0.6) is 5.75 Å². The average molecular weight is 392 g/mol. The molecule has 4 rings (SSSR count). The number of Topliss-reactive ketones (excluding diaryl/α,β-unsaturated/α-hetero) is 1. The van der Waals surface area contributed by atoms with E-state index in [4.69, 9.17) is 4.74 Å². The first-order valence-electron chi connectivity index (χ1n) is 9.40. The van der Waals surface area contributed by atoms with Gasteiger partial charge in [-0.3, -0.25) is 4.79 Å². The van der Waals surface area contributed by atoms with Crippen LogP contribution < -0.4 is 15.4 Å². The van der Waals surface area contributed by atoms with Crippen molar-refractivity contribution in [1.82, 2.24) is 9.97 Å². The Morgan fingerprint density at radius 2 is 1.79 bits per heavy atom. The molecule has 1 aliphatic carbocycles. The lowest BCUT2D eigenvalue weighted by molar-refractivity contribution is 0.0952. The number of anilines is 4. The highest BCUT2D eigenvalue weighted by Gasteiger charge is 2.28. The molecule has 1 aromatic heterocycles. The van der Waals surface area contributed by atoms with Crippen molar-refractivity contribution in [2.75, 3.05) is 17.7 Å². The largest absolute Gasteiger partial charge is 0.495 e. The molecule has 0 bridgehead atoms. The normalized spacial score (nSPS) is 15.6. The summed E-state index contributed by atoms with van der Waals surface area (Å²) in [7, 11) is 1.59. The molecular weight excluding hydrogens is 371 g/mol. The van der Waals surface area contributed by atoms with Crippen LogP contribution in [0.1, 0.15) is 29.4 Å². The maximum absolute atomic E-state index is 13.2. The first-order valence-corrected chi connectivity index (χ1v) is 9.40. The summed E-state index contributed by atoms with van der Waals surface area (Å²) in [5.41, 5.74) is 2.57. The number of nitrogens with one attached hydrogen (secondary N) is 2. The molecule has 0 aliphatic heterocycles. The van der Waals surface area contributed by atoms with Gasteiger partial charge in [0.2, 0.25) is 5.95 Å². The van der Waals surface area contributed by atoms with Crippen LogP contribution in [-0.4, -0.2) is 22.9 Å². The zero-order valence-electron chi connectivity index (χ0n) is 16.2. The number of ketones is 1. The molecule has 6 nitrogen and oxygen atoms in total. The average Bonchev–Trinajstić information content (AvgIpc) is 2.69. The highest BCUT2D eigenvalue weighted by molar-refractivity contribution is 6.03. The fourth-order valence-corrected chi connectivity index (χ4v) is 3.45. The molecule has 1 aliphatic rings. The number of fused-ring (bicyclic) bond motifs is 1. The Morgan fingerprint density at radius 3 is 2.55 bits per heavy atom. The Morgan fingerprint density at radius 1 is 1.03 bits per heavy atom. The summed E-state index contributed by atoms with van der Waals surface area (Å²) in [5.74, 6) is 1.33. The zero-order chi connectivity index (χ0) is 20.4. The highest BCUT2D eigenvalue weighted by Crippen LogP contribution is 2.34. The molecule has 29 heavy (non-hydrogen) atoms. The summed E-state index contributed by atoms with van der Waals surface area (Å²) in [6, 6.07) is 13.4. The summed E-state index contributed by atoms with van der Waals surface area (Å²) >= 11 is 0. The molecule has 0 radical (unpaired) electrons. The van der Waals surface area contributed by atoms with Gasteiger partial charge in [0.05, 0.1) is 24.1 Å². The lowest BCUT2D eigenvalue weighted by atomic mass is 9.87. The van der Waals surface area contributed by atoms with E-state index in [9.17, 15) is 9.18 Å². The SMILES string of the molecule is COc1ccccc1Nc1nc(Nc2ccc(F)cc2)nc2c1C(=O)CC(C)C2. The van der Waals surface area contributed by atoms with Crippen LogP contribution >= 0.6 is 0 Å². The fourth-order valence-electron chi connectivity index (χ4n) is 3.45. The van der Waals surface area contributed by atoms with Crippen LogP contribution in [0, 0.1) is 11.7 Å². The van der Waals surface area contributed by atoms with E-state index in [0.29, 0.717) is 53.0 Å². The van der Waals surface area contributed by atoms with Gasteiger partial charge in [0.1, 0.15) is 17.4 Å². The molecule has 1 heterocycles. The number of methoxy groups -OCH3 is 1. The number of benzene rings is 2. The number of carbonyl (C=O) groups excluding carboxylic acids is 1. The van der Waals surface area contributed by atoms with Gasteiger partial charge in [-0.25, -0.2) is 9.37 Å². The minimum atomic E-state index is -0.320. The molecule has 0 spiro atoms. The molecule has 0 amide bonds. The van der Waals surface area contributed by atoms with Crippen molar-refractivity contribution in [2.24, 2.45) is 5.92 Å². The summed E-state index contributed by atoms with van der Waals surface area (Å²) in [5, 5.41) is 6.33. The molecular formula is C22H21FN4O2. The maximum Gasteiger partial charge on any atom is 0.229 e. The quantitative estimate of drug-likeness (QED) is 0.645. The van der Waals surface area contributed by atoms with Gasteiger partial charge in [0.15, 0.2) is 5.78 Å². The third-order valence-corrected chi connectivity index (χ3v) is 4.80. The predicted molar refractivity (Wildman–Crippen MR) is 110 cm³/mol. The van der Waals surface area contributed by atoms with Gasteiger partial charge < -0.3 is 15.4 Å². The third kappa shape index (κ3) is 4.03. The van der Waals surface area contributed by atoms with Gasteiger partial charge in [-0.05, 0) is 48.7 Å². The smallest absolute Gasteiger partial charge is 0.229 e. The van der Waals surface area contributed by atoms with Crippen LogP contribution in [0.2, 0.25) is 0 Å². The fraction of sp³-hybridized carbons (Fsp3) is 0.227. The van der Waals surface area contributed by atoms with Crippen LogP contribution in [0.3, 0.4) is 0 Å². The monoisotopic (exact) mass is 392 g/mol. The number of para-hydroxylation sites is 2. The molecule has 2 aromatic carbocycles. The van der Waals surface area contributed by atoms with Gasteiger partial charge in [-0.1, -0.05) is 19.1 Å². The topological polar surface area (TPSA) is 76.1 Å². The number of halogens is 1. The van der Waals surface area contributed by atoms with E-state index < -0.39 is 0 Å². The number of aromatic nitrogens is 2. The molecule has 1 atom stereocenters. The Labute approximate surface area is 168 Å². The van der Waals surface area contributed by atoms with Crippen molar-refractivity contribution >= 4 is 28.9 Å². The first kappa shape index (κ1) is 18.9. The lowest BCUT2D eigenvalue weighted by Crippen LogP contribution is -2.22. The van der Waals surface area contributed by atoms with Gasteiger partial charge in [-0.15, -0.1) is 0 Å². The zero-order valence-corrected chi connectivity index (χ0v) is 16.2. The van der Waals surface area contributed by atoms with Crippen molar-refractivity contribution in [3.05, 3.63) is 65.6 Å². The van der Waals surface area contributed by atoms with Crippen LogP contribution in [0.15, 0.2) is 48.5 Å². The van der Waals surface area contributed by atoms with Crippen molar-refractivity contribution in [2.45, 2.75) is 19.8 Å². The molecule has 0 saturated heterocycles. The number of hydrogen-bond acceptors (Lipinski definition) is 6. The maximum atomic E-state index is 13.2. The number of hydrogen-bond donors (Lipinski definition) is 2. The second-order valence-corrected chi connectivity index (χ2v) is 7.11. The van der Waals surface area contributed by atoms with E-state index >= 15 is 0 Å². The van der Waals surface area contributed by atoms with Crippen molar-refractivity contribution in [3.63, 3.8) is 0 Å². The van der Waals surface area contributed by atoms with E-state index in [-0.39, 0.29) is 17.5 Å². The van der Waals surface area contributed by atoms with E-state index in [1.54, 1.807) is 19.2 Å². The molecule has 3 aromatic rings. The number of rotatable bonds is 5. The summed E-state index contributed by atoms with van der Waals surface area (Å²) < 4.78 is 18.6. The van der Waals surface area contributed by atoms with Gasteiger partial charge in [0.25, 0.3) is 0 Å².